The SMILES string of the molecule is C=CCOc1ccc(-c2ccc(COc3ccc(-c4ccc(OCC)cc4)c(F)c3F)cc2)c(F)c1F. The fourth-order valence-electron chi connectivity index (χ4n) is 3.72. The lowest BCUT2D eigenvalue weighted by molar-refractivity contribution is 0.285. The third-order valence-corrected chi connectivity index (χ3v) is 5.59. The Morgan fingerprint density at radius 1 is 0.622 bits per heavy atom. The van der Waals surface area contributed by atoms with E-state index < -0.39 is 23.3 Å². The topological polar surface area (TPSA) is 27.7 Å². The summed E-state index contributed by atoms with van der Waals surface area (Å²) in [6, 6.07) is 18.7. The average molecular weight is 509 g/mol. The van der Waals surface area contributed by atoms with Crippen LogP contribution in [-0.4, -0.2) is 13.2 Å². The van der Waals surface area contributed by atoms with E-state index in [-0.39, 0.29) is 35.8 Å². The largest absolute Gasteiger partial charge is 0.494 e. The summed E-state index contributed by atoms with van der Waals surface area (Å²) in [5.74, 6) is -4.03. The molecule has 0 aromatic heterocycles. The van der Waals surface area contributed by atoms with Gasteiger partial charge in [-0.15, -0.1) is 0 Å². The zero-order valence-electron chi connectivity index (χ0n) is 20.1. The van der Waals surface area contributed by atoms with Crippen molar-refractivity contribution in [3.8, 4) is 39.5 Å². The molecule has 0 atom stereocenters. The number of hydrogen-bond donors (Lipinski definition) is 0. The molecule has 4 aromatic carbocycles. The van der Waals surface area contributed by atoms with Crippen molar-refractivity contribution in [2.24, 2.45) is 0 Å². The molecule has 0 radical (unpaired) electrons. The highest BCUT2D eigenvalue weighted by atomic mass is 19.2. The normalized spacial score (nSPS) is 10.7. The van der Waals surface area contributed by atoms with Crippen LogP contribution < -0.4 is 14.2 Å². The Morgan fingerprint density at radius 2 is 1.14 bits per heavy atom. The summed E-state index contributed by atoms with van der Waals surface area (Å²) in [4.78, 5) is 0. The Hall–Kier alpha value is -4.26. The van der Waals surface area contributed by atoms with Crippen molar-refractivity contribution in [1.29, 1.82) is 0 Å². The first-order valence-corrected chi connectivity index (χ1v) is 11.6. The van der Waals surface area contributed by atoms with Crippen LogP contribution in [0.2, 0.25) is 0 Å². The van der Waals surface area contributed by atoms with Gasteiger partial charge in [0.15, 0.2) is 23.1 Å². The molecule has 190 valence electrons. The van der Waals surface area contributed by atoms with Crippen molar-refractivity contribution >= 4 is 0 Å². The van der Waals surface area contributed by atoms with Gasteiger partial charge in [-0.3, -0.25) is 0 Å². The monoisotopic (exact) mass is 508 g/mol. The lowest BCUT2D eigenvalue weighted by Crippen LogP contribution is -2.01. The van der Waals surface area contributed by atoms with Gasteiger partial charge in [-0.2, -0.15) is 8.78 Å². The van der Waals surface area contributed by atoms with Crippen LogP contribution in [0.5, 0.6) is 17.2 Å². The molecular weight excluding hydrogens is 484 g/mol. The van der Waals surface area contributed by atoms with Crippen LogP contribution in [0, 0.1) is 23.3 Å². The highest BCUT2D eigenvalue weighted by molar-refractivity contribution is 5.67. The molecule has 0 fully saturated rings. The summed E-state index contributed by atoms with van der Waals surface area (Å²) < 4.78 is 74.3. The van der Waals surface area contributed by atoms with Gasteiger partial charge in [-0.25, -0.2) is 8.78 Å². The molecule has 4 rings (SSSR count). The third kappa shape index (κ3) is 5.77. The van der Waals surface area contributed by atoms with Crippen molar-refractivity contribution in [2.45, 2.75) is 13.5 Å². The van der Waals surface area contributed by atoms with E-state index in [1.54, 1.807) is 48.5 Å². The first-order valence-electron chi connectivity index (χ1n) is 11.6. The molecule has 37 heavy (non-hydrogen) atoms. The van der Waals surface area contributed by atoms with Gasteiger partial charge in [0, 0.05) is 11.1 Å². The predicted octanol–water partition coefficient (Wildman–Crippen LogP) is 8.12. The Labute approximate surface area is 212 Å². The summed E-state index contributed by atoms with van der Waals surface area (Å²) in [5.41, 5.74) is 1.74. The Morgan fingerprint density at radius 3 is 1.65 bits per heavy atom. The smallest absolute Gasteiger partial charge is 0.201 e. The minimum Gasteiger partial charge on any atom is -0.494 e. The zero-order chi connectivity index (χ0) is 26.4. The summed E-state index contributed by atoms with van der Waals surface area (Å²) in [5, 5.41) is 0. The van der Waals surface area contributed by atoms with Gasteiger partial charge in [-0.1, -0.05) is 49.1 Å². The van der Waals surface area contributed by atoms with Crippen LogP contribution in [0.15, 0.2) is 85.5 Å². The van der Waals surface area contributed by atoms with Crippen molar-refractivity contribution in [3.63, 3.8) is 0 Å². The molecule has 0 aliphatic heterocycles. The van der Waals surface area contributed by atoms with Crippen LogP contribution in [0.25, 0.3) is 22.3 Å². The standard InChI is InChI=1S/C30H24F4O3/c1-3-17-36-25-15-13-23(27(31)29(25)33)20-7-5-19(6-8-20)18-37-26-16-14-24(28(32)30(26)34)21-9-11-22(12-10-21)35-4-2/h3,5-16H,1,4,17-18H2,2H3. The maximum atomic E-state index is 14.8. The van der Waals surface area contributed by atoms with Gasteiger partial charge in [0.25, 0.3) is 0 Å². The quantitative estimate of drug-likeness (QED) is 0.160. The lowest BCUT2D eigenvalue weighted by Gasteiger charge is -2.12. The molecule has 0 aliphatic carbocycles. The van der Waals surface area contributed by atoms with Crippen LogP contribution in [-0.2, 0) is 6.61 Å². The highest BCUT2D eigenvalue weighted by Gasteiger charge is 2.17. The fourth-order valence-corrected chi connectivity index (χ4v) is 3.72. The fraction of sp³-hybridized carbons (Fsp3) is 0.133. The van der Waals surface area contributed by atoms with Gasteiger partial charge >= 0.3 is 0 Å². The van der Waals surface area contributed by atoms with E-state index in [2.05, 4.69) is 6.58 Å². The first kappa shape index (κ1) is 25.8. The second-order valence-corrected chi connectivity index (χ2v) is 8.02. The maximum Gasteiger partial charge on any atom is 0.201 e. The van der Waals surface area contributed by atoms with E-state index in [0.717, 1.165) is 0 Å². The molecule has 0 spiro atoms. The van der Waals surface area contributed by atoms with Crippen molar-refractivity contribution in [1.82, 2.24) is 0 Å². The third-order valence-electron chi connectivity index (χ3n) is 5.59. The van der Waals surface area contributed by atoms with Crippen LogP contribution in [0.1, 0.15) is 12.5 Å². The van der Waals surface area contributed by atoms with Crippen molar-refractivity contribution in [2.75, 3.05) is 13.2 Å². The molecule has 0 saturated heterocycles. The maximum absolute atomic E-state index is 14.8. The average Bonchev–Trinajstić information content (AvgIpc) is 2.92. The zero-order valence-corrected chi connectivity index (χ0v) is 20.1. The highest BCUT2D eigenvalue weighted by Crippen LogP contribution is 2.32. The van der Waals surface area contributed by atoms with Gasteiger partial charge in [-0.05, 0) is 60.0 Å². The van der Waals surface area contributed by atoms with E-state index in [4.69, 9.17) is 14.2 Å². The molecule has 7 heteroatoms. The van der Waals surface area contributed by atoms with Crippen LogP contribution in [0.3, 0.4) is 0 Å². The van der Waals surface area contributed by atoms with E-state index in [1.807, 2.05) is 6.92 Å². The van der Waals surface area contributed by atoms with E-state index in [0.29, 0.717) is 29.0 Å². The van der Waals surface area contributed by atoms with E-state index in [1.165, 1.54) is 30.3 Å². The van der Waals surface area contributed by atoms with Gasteiger partial charge in [0.2, 0.25) is 11.6 Å². The molecule has 0 amide bonds. The van der Waals surface area contributed by atoms with Gasteiger partial charge in [0.1, 0.15) is 19.0 Å². The molecule has 0 unspecified atom stereocenters. The van der Waals surface area contributed by atoms with Crippen LogP contribution >= 0.6 is 0 Å². The Bertz CT molecular complexity index is 1380. The van der Waals surface area contributed by atoms with Crippen molar-refractivity contribution < 1.29 is 31.8 Å². The molecule has 3 nitrogen and oxygen atoms in total. The molecule has 0 saturated carbocycles. The number of hydrogen-bond acceptors (Lipinski definition) is 3. The molecule has 0 heterocycles. The van der Waals surface area contributed by atoms with Gasteiger partial charge < -0.3 is 14.2 Å². The second kappa shape index (κ2) is 11.6. The molecule has 0 N–H and O–H groups in total. The van der Waals surface area contributed by atoms with E-state index >= 15 is 0 Å². The summed E-state index contributed by atoms with van der Waals surface area (Å²) in [6.45, 7) is 5.84. The minimum absolute atomic E-state index is 0.0514. The first-order chi connectivity index (χ1) is 17.9. The number of benzene rings is 4. The molecule has 4 aromatic rings. The summed E-state index contributed by atoms with van der Waals surface area (Å²) in [6.07, 6.45) is 1.43. The lowest BCUT2D eigenvalue weighted by atomic mass is 10.0. The molecule has 0 aliphatic rings. The Balaban J connectivity index is 1.45. The predicted molar refractivity (Wildman–Crippen MR) is 135 cm³/mol. The second-order valence-electron chi connectivity index (χ2n) is 8.02. The summed E-state index contributed by atoms with van der Waals surface area (Å²) >= 11 is 0. The van der Waals surface area contributed by atoms with Gasteiger partial charge in [0.05, 0.1) is 6.61 Å². The number of ether oxygens (including phenoxy) is 3. The Kier molecular flexibility index (Phi) is 8.13. The van der Waals surface area contributed by atoms with E-state index in [9.17, 15) is 17.6 Å². The molecule has 0 bridgehead atoms. The van der Waals surface area contributed by atoms with Crippen molar-refractivity contribution in [3.05, 3.63) is 114 Å². The summed E-state index contributed by atoms with van der Waals surface area (Å²) in [7, 11) is 0. The number of halogens is 4. The molecular formula is C30H24F4O3. The minimum atomic E-state index is -1.10. The number of rotatable bonds is 10. The van der Waals surface area contributed by atoms with Crippen LogP contribution in [0.4, 0.5) is 17.6 Å².